The fraction of sp³-hybridized carbons (Fsp3) is 0.500. The van der Waals surface area contributed by atoms with Crippen LogP contribution in [0.4, 0.5) is 0 Å². The zero-order valence-electron chi connectivity index (χ0n) is 12.0. The normalized spacial score (nSPS) is 15.7. The lowest BCUT2D eigenvalue weighted by Crippen LogP contribution is -2.42. The maximum atomic E-state index is 6.04. The van der Waals surface area contributed by atoms with Crippen molar-refractivity contribution in [2.75, 3.05) is 31.7 Å². The summed E-state index contributed by atoms with van der Waals surface area (Å²) in [6.45, 7) is 4.66. The quantitative estimate of drug-likeness (QED) is 0.475. The molecule has 0 aromatic heterocycles. The molecule has 0 aliphatic carbocycles. The molecule has 0 atom stereocenters. The van der Waals surface area contributed by atoms with E-state index in [1.165, 1.54) is 5.56 Å². The van der Waals surface area contributed by atoms with Gasteiger partial charge in [-0.3, -0.25) is 0 Å². The van der Waals surface area contributed by atoms with Crippen LogP contribution in [0.25, 0.3) is 0 Å². The number of aliphatic imine (C=N–C) groups is 1. The number of rotatable bonds is 3. The molecule has 0 radical (unpaired) electrons. The van der Waals surface area contributed by atoms with Crippen LogP contribution in [-0.2, 0) is 6.54 Å². The van der Waals surface area contributed by atoms with Crippen LogP contribution >= 0.6 is 35.7 Å². The van der Waals surface area contributed by atoms with Crippen molar-refractivity contribution >= 4 is 41.7 Å². The topological polar surface area (TPSA) is 50.9 Å². The highest BCUT2D eigenvalue weighted by Gasteiger charge is 2.11. The average molecular weight is 407 g/mol. The number of guanidine groups is 1. The third kappa shape index (κ3) is 5.05. The van der Waals surface area contributed by atoms with Crippen LogP contribution < -0.4 is 10.5 Å². The Hall–Kier alpha value is -0.630. The first kappa shape index (κ1) is 17.4. The number of benzene rings is 1. The minimum atomic E-state index is 0. The minimum Gasteiger partial charge on any atom is -0.497 e. The summed E-state index contributed by atoms with van der Waals surface area (Å²) < 4.78 is 5.27. The molecule has 2 N–H and O–H groups in total. The lowest BCUT2D eigenvalue weighted by molar-refractivity contribution is 0.414. The standard InChI is InChI=1S/C14H21N3OS.HI/c1-11-7-12(9-13(8-11)18-2)10-16-14(15)17-3-5-19-6-4-17;/h7-9H,3-6,10H2,1-2H3,(H2,15,16);1H. The monoisotopic (exact) mass is 407 g/mol. The number of hydrogen-bond donors (Lipinski definition) is 1. The molecule has 1 saturated heterocycles. The van der Waals surface area contributed by atoms with Crippen LogP contribution in [0.3, 0.4) is 0 Å². The number of thioether (sulfide) groups is 1. The summed E-state index contributed by atoms with van der Waals surface area (Å²) in [6, 6.07) is 6.14. The van der Waals surface area contributed by atoms with Crippen molar-refractivity contribution in [2.24, 2.45) is 10.7 Å². The Morgan fingerprint density at radius 1 is 1.35 bits per heavy atom. The van der Waals surface area contributed by atoms with Gasteiger partial charge in [-0.1, -0.05) is 6.07 Å². The summed E-state index contributed by atoms with van der Waals surface area (Å²) in [6.07, 6.45) is 0. The van der Waals surface area contributed by atoms with Crippen molar-refractivity contribution < 1.29 is 4.74 Å². The number of hydrogen-bond acceptors (Lipinski definition) is 3. The number of methoxy groups -OCH3 is 1. The summed E-state index contributed by atoms with van der Waals surface area (Å²) in [5, 5.41) is 0. The molecule has 0 bridgehead atoms. The molecular formula is C14H22IN3OS. The van der Waals surface area contributed by atoms with E-state index in [0.717, 1.165) is 35.9 Å². The molecule has 0 unspecified atom stereocenters. The second kappa shape index (κ2) is 8.61. The molecule has 1 aromatic rings. The van der Waals surface area contributed by atoms with Gasteiger partial charge in [0.25, 0.3) is 0 Å². The van der Waals surface area contributed by atoms with Gasteiger partial charge in [-0.15, -0.1) is 24.0 Å². The molecule has 0 spiro atoms. The number of ether oxygens (including phenoxy) is 1. The molecule has 112 valence electrons. The molecule has 1 aliphatic heterocycles. The number of aryl methyl sites for hydroxylation is 1. The van der Waals surface area contributed by atoms with Crippen LogP contribution in [0.2, 0.25) is 0 Å². The van der Waals surface area contributed by atoms with Gasteiger partial charge in [-0.05, 0) is 30.2 Å². The van der Waals surface area contributed by atoms with E-state index in [0.29, 0.717) is 12.5 Å². The van der Waals surface area contributed by atoms with Crippen LogP contribution in [0.1, 0.15) is 11.1 Å². The SMILES string of the molecule is COc1cc(C)cc(CN=C(N)N2CCSCC2)c1.I. The van der Waals surface area contributed by atoms with Gasteiger partial charge < -0.3 is 15.4 Å². The predicted molar refractivity (Wildman–Crippen MR) is 97.4 cm³/mol. The number of halogens is 1. The molecular weight excluding hydrogens is 385 g/mol. The van der Waals surface area contributed by atoms with Crippen molar-refractivity contribution in [3.8, 4) is 5.75 Å². The van der Waals surface area contributed by atoms with E-state index in [9.17, 15) is 0 Å². The molecule has 0 amide bonds. The Labute approximate surface area is 142 Å². The van der Waals surface area contributed by atoms with Crippen LogP contribution in [0.5, 0.6) is 5.75 Å². The molecule has 1 aromatic carbocycles. The van der Waals surface area contributed by atoms with Crippen molar-refractivity contribution in [3.63, 3.8) is 0 Å². The van der Waals surface area contributed by atoms with Crippen LogP contribution in [0.15, 0.2) is 23.2 Å². The molecule has 4 nitrogen and oxygen atoms in total. The number of nitrogens with zero attached hydrogens (tertiary/aromatic N) is 2. The zero-order chi connectivity index (χ0) is 13.7. The summed E-state index contributed by atoms with van der Waals surface area (Å²) in [5.41, 5.74) is 8.35. The minimum absolute atomic E-state index is 0. The lowest BCUT2D eigenvalue weighted by atomic mass is 10.1. The zero-order valence-corrected chi connectivity index (χ0v) is 15.1. The first-order valence-electron chi connectivity index (χ1n) is 6.46. The molecule has 0 saturated carbocycles. The fourth-order valence-electron chi connectivity index (χ4n) is 2.10. The molecule has 2 rings (SSSR count). The average Bonchev–Trinajstić information content (AvgIpc) is 2.45. The summed E-state index contributed by atoms with van der Waals surface area (Å²) in [7, 11) is 1.68. The van der Waals surface area contributed by atoms with Gasteiger partial charge >= 0.3 is 0 Å². The highest BCUT2D eigenvalue weighted by Crippen LogP contribution is 2.17. The highest BCUT2D eigenvalue weighted by molar-refractivity contribution is 14.0. The van der Waals surface area contributed by atoms with Gasteiger partial charge in [0.2, 0.25) is 0 Å². The van der Waals surface area contributed by atoms with E-state index in [4.69, 9.17) is 10.5 Å². The van der Waals surface area contributed by atoms with E-state index in [2.05, 4.69) is 22.9 Å². The Kier molecular flexibility index (Phi) is 7.50. The van der Waals surface area contributed by atoms with E-state index in [1.807, 2.05) is 23.9 Å². The van der Waals surface area contributed by atoms with Crippen LogP contribution in [-0.4, -0.2) is 42.6 Å². The Balaban J connectivity index is 0.00000200. The van der Waals surface area contributed by atoms with E-state index in [1.54, 1.807) is 7.11 Å². The van der Waals surface area contributed by atoms with Crippen molar-refractivity contribution in [1.82, 2.24) is 4.90 Å². The molecule has 1 heterocycles. The molecule has 1 aliphatic rings. The molecule has 1 fully saturated rings. The van der Waals surface area contributed by atoms with Crippen molar-refractivity contribution in [2.45, 2.75) is 13.5 Å². The van der Waals surface area contributed by atoms with Crippen molar-refractivity contribution in [1.29, 1.82) is 0 Å². The van der Waals surface area contributed by atoms with Gasteiger partial charge in [-0.25, -0.2) is 4.99 Å². The summed E-state index contributed by atoms with van der Waals surface area (Å²) in [5.74, 6) is 3.79. The largest absolute Gasteiger partial charge is 0.497 e. The smallest absolute Gasteiger partial charge is 0.191 e. The predicted octanol–water partition coefficient (Wildman–Crippen LogP) is 2.49. The molecule has 20 heavy (non-hydrogen) atoms. The second-order valence-corrected chi connectivity index (χ2v) is 5.86. The Morgan fingerprint density at radius 3 is 2.70 bits per heavy atom. The Morgan fingerprint density at radius 2 is 2.05 bits per heavy atom. The van der Waals surface area contributed by atoms with Crippen LogP contribution in [0, 0.1) is 6.92 Å². The fourth-order valence-corrected chi connectivity index (χ4v) is 3.00. The van der Waals surface area contributed by atoms with E-state index < -0.39 is 0 Å². The highest BCUT2D eigenvalue weighted by atomic mass is 127. The van der Waals surface area contributed by atoms with Gasteiger partial charge in [0.1, 0.15) is 5.75 Å². The van der Waals surface area contributed by atoms with Gasteiger partial charge in [0.05, 0.1) is 13.7 Å². The van der Waals surface area contributed by atoms with Gasteiger partial charge in [0.15, 0.2) is 5.96 Å². The third-order valence-electron chi connectivity index (χ3n) is 3.11. The maximum Gasteiger partial charge on any atom is 0.191 e. The summed E-state index contributed by atoms with van der Waals surface area (Å²) in [4.78, 5) is 6.65. The summed E-state index contributed by atoms with van der Waals surface area (Å²) >= 11 is 1.97. The van der Waals surface area contributed by atoms with Gasteiger partial charge in [0, 0.05) is 24.6 Å². The third-order valence-corrected chi connectivity index (χ3v) is 4.05. The second-order valence-electron chi connectivity index (χ2n) is 4.63. The molecule has 6 heteroatoms. The van der Waals surface area contributed by atoms with E-state index >= 15 is 0 Å². The maximum absolute atomic E-state index is 6.04. The number of nitrogens with two attached hydrogens (primary N) is 1. The van der Waals surface area contributed by atoms with Crippen molar-refractivity contribution in [3.05, 3.63) is 29.3 Å². The lowest BCUT2D eigenvalue weighted by Gasteiger charge is -2.27. The van der Waals surface area contributed by atoms with Gasteiger partial charge in [-0.2, -0.15) is 11.8 Å². The van der Waals surface area contributed by atoms with E-state index in [-0.39, 0.29) is 24.0 Å². The first-order valence-corrected chi connectivity index (χ1v) is 7.61. The first-order chi connectivity index (χ1) is 9.19. The Bertz CT molecular complexity index is 462.